The van der Waals surface area contributed by atoms with Crippen LogP contribution >= 0.6 is 0 Å². The number of nitrogens with two attached hydrogens (primary N) is 1. The highest BCUT2D eigenvalue weighted by Crippen LogP contribution is 2.15. The highest BCUT2D eigenvalue weighted by atomic mass is 16.1. The monoisotopic (exact) mass is 201 g/mol. The van der Waals surface area contributed by atoms with Crippen molar-refractivity contribution in [2.24, 2.45) is 0 Å². The second kappa shape index (κ2) is 3.57. The van der Waals surface area contributed by atoms with Crippen LogP contribution in [0.5, 0.6) is 0 Å². The summed E-state index contributed by atoms with van der Waals surface area (Å²) in [6, 6.07) is 5.05. The molecule has 0 bridgehead atoms. The minimum absolute atomic E-state index is 0.154. The van der Waals surface area contributed by atoms with Gasteiger partial charge in [0, 0.05) is 29.9 Å². The highest BCUT2D eigenvalue weighted by Gasteiger charge is 2.05. The zero-order chi connectivity index (χ0) is 10.8. The molecular weight excluding hydrogens is 190 g/mol. The molecule has 76 valence electrons. The standard InChI is InChI=1S/C11H11N3O/c1-2-6-14-10(15)7-9(12)8-4-3-5-13-11(8)14/h2-5,7H,1,6,12H2. The number of fused-ring (bicyclic) bond motifs is 1. The summed E-state index contributed by atoms with van der Waals surface area (Å²) in [6.07, 6.45) is 3.30. The van der Waals surface area contributed by atoms with Gasteiger partial charge in [-0.25, -0.2) is 4.98 Å². The third-order valence-electron chi connectivity index (χ3n) is 2.21. The second-order valence-corrected chi connectivity index (χ2v) is 3.21. The van der Waals surface area contributed by atoms with Crippen LogP contribution in [0.2, 0.25) is 0 Å². The van der Waals surface area contributed by atoms with E-state index in [-0.39, 0.29) is 5.56 Å². The van der Waals surface area contributed by atoms with Gasteiger partial charge in [-0.2, -0.15) is 0 Å². The number of nitrogen functional groups attached to an aromatic ring is 1. The van der Waals surface area contributed by atoms with Gasteiger partial charge in [0.2, 0.25) is 0 Å². The summed E-state index contributed by atoms with van der Waals surface area (Å²) in [4.78, 5) is 15.8. The van der Waals surface area contributed by atoms with E-state index in [4.69, 9.17) is 5.73 Å². The lowest BCUT2D eigenvalue weighted by molar-refractivity contribution is 0.806. The summed E-state index contributed by atoms with van der Waals surface area (Å²) in [6.45, 7) is 4.04. The van der Waals surface area contributed by atoms with Crippen molar-refractivity contribution in [2.75, 3.05) is 5.73 Å². The summed E-state index contributed by atoms with van der Waals surface area (Å²) in [5, 5.41) is 0.791. The number of rotatable bonds is 2. The van der Waals surface area contributed by atoms with Crippen LogP contribution in [0.3, 0.4) is 0 Å². The molecule has 2 aromatic heterocycles. The van der Waals surface area contributed by atoms with Gasteiger partial charge in [-0.3, -0.25) is 9.36 Å². The minimum atomic E-state index is -0.154. The molecule has 0 saturated heterocycles. The Bertz CT molecular complexity index is 572. The van der Waals surface area contributed by atoms with Gasteiger partial charge in [0.05, 0.1) is 0 Å². The minimum Gasteiger partial charge on any atom is -0.398 e. The maximum Gasteiger partial charge on any atom is 0.254 e. The van der Waals surface area contributed by atoms with Gasteiger partial charge in [0.1, 0.15) is 5.65 Å². The number of hydrogen-bond acceptors (Lipinski definition) is 3. The van der Waals surface area contributed by atoms with E-state index < -0.39 is 0 Å². The first-order valence-electron chi connectivity index (χ1n) is 4.59. The van der Waals surface area contributed by atoms with Crippen molar-refractivity contribution in [1.82, 2.24) is 9.55 Å². The maximum atomic E-state index is 11.6. The van der Waals surface area contributed by atoms with Gasteiger partial charge in [-0.1, -0.05) is 6.08 Å². The molecular formula is C11H11N3O. The maximum absolute atomic E-state index is 11.6. The third-order valence-corrected chi connectivity index (χ3v) is 2.21. The molecule has 0 aromatic carbocycles. The van der Waals surface area contributed by atoms with Crippen molar-refractivity contribution in [3.05, 3.63) is 47.4 Å². The summed E-state index contributed by atoms with van der Waals surface area (Å²) < 4.78 is 1.54. The van der Waals surface area contributed by atoms with Crippen LogP contribution < -0.4 is 11.3 Å². The lowest BCUT2D eigenvalue weighted by atomic mass is 10.2. The highest BCUT2D eigenvalue weighted by molar-refractivity contribution is 5.87. The van der Waals surface area contributed by atoms with E-state index in [1.807, 2.05) is 6.07 Å². The Morgan fingerprint density at radius 1 is 1.60 bits per heavy atom. The number of aromatic nitrogens is 2. The van der Waals surface area contributed by atoms with E-state index in [9.17, 15) is 4.79 Å². The van der Waals surface area contributed by atoms with E-state index in [2.05, 4.69) is 11.6 Å². The van der Waals surface area contributed by atoms with Gasteiger partial charge < -0.3 is 5.73 Å². The van der Waals surface area contributed by atoms with Crippen molar-refractivity contribution in [3.63, 3.8) is 0 Å². The lowest BCUT2D eigenvalue weighted by Gasteiger charge is -2.07. The first kappa shape index (κ1) is 9.45. The van der Waals surface area contributed by atoms with E-state index >= 15 is 0 Å². The van der Waals surface area contributed by atoms with Crippen LogP contribution in [0, 0.1) is 0 Å². The molecule has 2 aromatic rings. The largest absolute Gasteiger partial charge is 0.398 e. The third kappa shape index (κ3) is 1.50. The molecule has 2 N–H and O–H groups in total. The molecule has 2 rings (SSSR count). The molecule has 0 fully saturated rings. The Morgan fingerprint density at radius 3 is 3.13 bits per heavy atom. The van der Waals surface area contributed by atoms with E-state index in [1.54, 1.807) is 22.9 Å². The van der Waals surface area contributed by atoms with Gasteiger partial charge in [0.15, 0.2) is 0 Å². The molecule has 15 heavy (non-hydrogen) atoms. The van der Waals surface area contributed by atoms with Crippen LogP contribution in [-0.4, -0.2) is 9.55 Å². The van der Waals surface area contributed by atoms with Gasteiger partial charge in [0.25, 0.3) is 5.56 Å². The number of allylic oxidation sites excluding steroid dienone is 1. The van der Waals surface area contributed by atoms with Crippen LogP contribution in [0.1, 0.15) is 0 Å². The molecule has 4 nitrogen and oxygen atoms in total. The topological polar surface area (TPSA) is 60.9 Å². The predicted molar refractivity (Wildman–Crippen MR) is 60.6 cm³/mol. The fraction of sp³-hybridized carbons (Fsp3) is 0.0909. The molecule has 0 aliphatic carbocycles. The zero-order valence-electron chi connectivity index (χ0n) is 8.18. The van der Waals surface area contributed by atoms with Gasteiger partial charge >= 0.3 is 0 Å². The van der Waals surface area contributed by atoms with E-state index in [0.717, 1.165) is 5.39 Å². The quantitative estimate of drug-likeness (QED) is 0.742. The second-order valence-electron chi connectivity index (χ2n) is 3.21. The molecule has 0 unspecified atom stereocenters. The molecule has 0 amide bonds. The first-order valence-corrected chi connectivity index (χ1v) is 4.59. The molecule has 0 saturated carbocycles. The number of anilines is 1. The van der Waals surface area contributed by atoms with Crippen LogP contribution in [-0.2, 0) is 6.54 Å². The summed E-state index contributed by atoms with van der Waals surface area (Å²) in [5.74, 6) is 0. The molecule has 0 atom stereocenters. The molecule has 0 spiro atoms. The fourth-order valence-electron chi connectivity index (χ4n) is 1.54. The van der Waals surface area contributed by atoms with Crippen molar-refractivity contribution in [1.29, 1.82) is 0 Å². The van der Waals surface area contributed by atoms with Gasteiger partial charge in [-0.05, 0) is 12.1 Å². The van der Waals surface area contributed by atoms with E-state index in [0.29, 0.717) is 17.9 Å². The smallest absolute Gasteiger partial charge is 0.254 e. The normalized spacial score (nSPS) is 10.4. The van der Waals surface area contributed by atoms with Crippen molar-refractivity contribution in [3.8, 4) is 0 Å². The average Bonchev–Trinajstić information content (AvgIpc) is 2.24. The van der Waals surface area contributed by atoms with Crippen molar-refractivity contribution in [2.45, 2.75) is 6.54 Å². The van der Waals surface area contributed by atoms with Crippen LogP contribution in [0.15, 0.2) is 41.8 Å². The van der Waals surface area contributed by atoms with E-state index in [1.165, 1.54) is 6.07 Å². The number of pyridine rings is 2. The number of hydrogen-bond donors (Lipinski definition) is 1. The SMILES string of the molecule is C=CCn1c(=O)cc(N)c2cccnc21. The molecule has 0 radical (unpaired) electrons. The zero-order valence-corrected chi connectivity index (χ0v) is 8.18. The average molecular weight is 201 g/mol. The molecule has 4 heteroatoms. The Kier molecular flexibility index (Phi) is 2.25. The Balaban J connectivity index is 2.89. The predicted octanol–water partition coefficient (Wildman–Crippen LogP) is 1.16. The molecule has 0 aliphatic heterocycles. The van der Waals surface area contributed by atoms with Crippen LogP contribution in [0.25, 0.3) is 11.0 Å². The summed E-state index contributed by atoms with van der Waals surface area (Å²) in [5.41, 5.74) is 6.65. The Hall–Kier alpha value is -2.10. The Morgan fingerprint density at radius 2 is 2.40 bits per heavy atom. The van der Waals surface area contributed by atoms with Gasteiger partial charge in [-0.15, -0.1) is 6.58 Å². The Labute approximate surface area is 86.7 Å². The summed E-state index contributed by atoms with van der Waals surface area (Å²) >= 11 is 0. The first-order chi connectivity index (χ1) is 7.24. The van der Waals surface area contributed by atoms with Crippen molar-refractivity contribution >= 4 is 16.7 Å². The molecule has 0 aliphatic rings. The fourth-order valence-corrected chi connectivity index (χ4v) is 1.54. The number of nitrogens with zero attached hydrogens (tertiary/aromatic N) is 2. The van der Waals surface area contributed by atoms with Crippen molar-refractivity contribution < 1.29 is 0 Å². The van der Waals surface area contributed by atoms with Crippen LogP contribution in [0.4, 0.5) is 5.69 Å². The summed E-state index contributed by atoms with van der Waals surface area (Å²) in [7, 11) is 0. The lowest BCUT2D eigenvalue weighted by Crippen LogP contribution is -2.20. The molecule has 2 heterocycles.